The van der Waals surface area contributed by atoms with E-state index in [0.29, 0.717) is 0 Å². The Kier molecular flexibility index (Phi) is 8.53. The van der Waals surface area contributed by atoms with Crippen LogP contribution in [0.25, 0.3) is 44.2 Å². The van der Waals surface area contributed by atoms with Crippen molar-refractivity contribution in [3.05, 3.63) is 235 Å². The second kappa shape index (κ2) is 14.2. The number of rotatable bonds is 5. The zero-order valence-electron chi connectivity index (χ0n) is 32.1. The quantitative estimate of drug-likeness (QED) is 0.175. The summed E-state index contributed by atoms with van der Waals surface area (Å²) >= 11 is 0. The molecule has 0 N–H and O–H groups in total. The topological polar surface area (TPSA) is 12.5 Å². The number of ether oxygens (including phenoxy) is 1. The summed E-state index contributed by atoms with van der Waals surface area (Å²) in [6.45, 7) is 4.00. The first-order chi connectivity index (χ1) is 28.3. The number of fused-ring (bicyclic) bond motifs is 10. The molecule has 0 amide bonds. The third-order valence-electron chi connectivity index (χ3n) is 11.5. The lowest BCUT2D eigenvalue weighted by molar-refractivity contribution is 0.436. The van der Waals surface area contributed by atoms with Crippen molar-refractivity contribution in [2.45, 2.75) is 19.3 Å². The molecule has 272 valence electrons. The highest BCUT2D eigenvalue weighted by Crippen LogP contribution is 2.64. The predicted octanol–water partition coefficient (Wildman–Crippen LogP) is 15.1. The zero-order chi connectivity index (χ0) is 38.3. The van der Waals surface area contributed by atoms with Crippen molar-refractivity contribution >= 4 is 27.8 Å². The SMILES string of the molecule is CC.c1ccc(-c2ccc(N(c3ccc(-c4cccc5ccccc45)cc3)c3cccc4c3-c3ccccc3C43c4ccccc4Oc4ccccc43)cc2)cc1. The fraction of sp³-hybridized carbons (Fsp3) is 0.0545. The Morgan fingerprint density at radius 3 is 1.56 bits per heavy atom. The molecule has 1 aliphatic carbocycles. The van der Waals surface area contributed by atoms with E-state index >= 15 is 0 Å². The second-order valence-electron chi connectivity index (χ2n) is 14.4. The maximum Gasteiger partial charge on any atom is 0.132 e. The fourth-order valence-corrected chi connectivity index (χ4v) is 9.20. The molecule has 0 atom stereocenters. The van der Waals surface area contributed by atoms with Crippen LogP contribution in [-0.4, -0.2) is 0 Å². The second-order valence-corrected chi connectivity index (χ2v) is 14.4. The van der Waals surface area contributed by atoms with Crippen molar-refractivity contribution < 1.29 is 4.74 Å². The van der Waals surface area contributed by atoms with E-state index in [1.807, 2.05) is 13.8 Å². The van der Waals surface area contributed by atoms with Gasteiger partial charge >= 0.3 is 0 Å². The minimum Gasteiger partial charge on any atom is -0.457 e. The van der Waals surface area contributed by atoms with E-state index in [9.17, 15) is 0 Å². The lowest BCUT2D eigenvalue weighted by Crippen LogP contribution is -2.32. The van der Waals surface area contributed by atoms with Crippen LogP contribution in [0.4, 0.5) is 17.1 Å². The molecule has 0 aromatic heterocycles. The third-order valence-corrected chi connectivity index (χ3v) is 11.5. The predicted molar refractivity (Wildman–Crippen MR) is 238 cm³/mol. The molecule has 2 aliphatic rings. The summed E-state index contributed by atoms with van der Waals surface area (Å²) in [4.78, 5) is 2.44. The standard InChI is InChI=1S/C53H35NO.C2H6/c1-2-14-36(15-3-1)37-28-32-40(33-29-37)54(41-34-30-39(31-35-41)43-20-12-17-38-16-4-5-18-42(38)43)49-25-13-24-48-52(49)44-19-6-7-21-45(44)53(48)46-22-8-10-26-50(46)55-51-27-11-9-23-47(51)53;1-2/h1-35H;1-2H3. The van der Waals surface area contributed by atoms with Gasteiger partial charge in [-0.3, -0.25) is 0 Å². The van der Waals surface area contributed by atoms with Gasteiger partial charge in [-0.15, -0.1) is 0 Å². The van der Waals surface area contributed by atoms with Crippen molar-refractivity contribution in [3.8, 4) is 44.9 Å². The zero-order valence-corrected chi connectivity index (χ0v) is 32.1. The van der Waals surface area contributed by atoms with Gasteiger partial charge in [0.2, 0.25) is 0 Å². The molecule has 1 spiro atoms. The molecule has 2 nitrogen and oxygen atoms in total. The monoisotopic (exact) mass is 731 g/mol. The van der Waals surface area contributed by atoms with Gasteiger partial charge in [-0.2, -0.15) is 0 Å². The molecule has 1 aliphatic heterocycles. The molecule has 57 heavy (non-hydrogen) atoms. The normalized spacial score (nSPS) is 12.7. The van der Waals surface area contributed by atoms with Crippen LogP contribution in [0.3, 0.4) is 0 Å². The van der Waals surface area contributed by atoms with Gasteiger partial charge in [0.1, 0.15) is 11.5 Å². The number of hydrogen-bond donors (Lipinski definition) is 0. The molecule has 0 saturated carbocycles. The Morgan fingerprint density at radius 2 is 0.860 bits per heavy atom. The Balaban J connectivity index is 0.00000195. The van der Waals surface area contributed by atoms with Crippen LogP contribution in [0, 0.1) is 0 Å². The van der Waals surface area contributed by atoms with E-state index in [4.69, 9.17) is 4.74 Å². The van der Waals surface area contributed by atoms with E-state index < -0.39 is 5.41 Å². The lowest BCUT2D eigenvalue weighted by atomic mass is 9.66. The minimum atomic E-state index is -0.547. The highest BCUT2D eigenvalue weighted by Gasteiger charge is 2.51. The van der Waals surface area contributed by atoms with E-state index in [2.05, 4.69) is 217 Å². The van der Waals surface area contributed by atoms with Crippen LogP contribution in [0.15, 0.2) is 212 Å². The molecule has 0 fully saturated rings. The van der Waals surface area contributed by atoms with E-state index in [1.54, 1.807) is 0 Å². The summed E-state index contributed by atoms with van der Waals surface area (Å²) in [7, 11) is 0. The largest absolute Gasteiger partial charge is 0.457 e. The molecule has 2 heteroatoms. The number of hydrogen-bond acceptors (Lipinski definition) is 2. The molecular formula is C55H41NO. The third kappa shape index (κ3) is 5.40. The van der Waals surface area contributed by atoms with Crippen LogP contribution in [0.1, 0.15) is 36.1 Å². The summed E-state index contributed by atoms with van der Waals surface area (Å²) in [5.74, 6) is 1.79. The first-order valence-electron chi connectivity index (χ1n) is 19.9. The summed E-state index contributed by atoms with van der Waals surface area (Å²) < 4.78 is 6.62. The molecule has 9 aromatic carbocycles. The van der Waals surface area contributed by atoms with Gasteiger partial charge in [0.05, 0.1) is 11.1 Å². The lowest BCUT2D eigenvalue weighted by Gasteiger charge is -2.39. The Bertz CT molecular complexity index is 2840. The molecule has 0 unspecified atom stereocenters. The number of anilines is 3. The van der Waals surface area contributed by atoms with Crippen LogP contribution in [0.2, 0.25) is 0 Å². The Morgan fingerprint density at radius 1 is 0.368 bits per heavy atom. The average Bonchev–Trinajstić information content (AvgIpc) is 3.59. The first-order valence-corrected chi connectivity index (χ1v) is 19.9. The van der Waals surface area contributed by atoms with E-state index in [0.717, 1.165) is 39.7 Å². The van der Waals surface area contributed by atoms with Crippen molar-refractivity contribution in [2.75, 3.05) is 4.90 Å². The smallest absolute Gasteiger partial charge is 0.132 e. The van der Waals surface area contributed by atoms with Crippen molar-refractivity contribution in [3.63, 3.8) is 0 Å². The van der Waals surface area contributed by atoms with Gasteiger partial charge in [0.25, 0.3) is 0 Å². The first kappa shape index (κ1) is 34.3. The van der Waals surface area contributed by atoms with Gasteiger partial charge in [-0.05, 0) is 92.2 Å². The van der Waals surface area contributed by atoms with E-state index in [-0.39, 0.29) is 0 Å². The fourth-order valence-electron chi connectivity index (χ4n) is 9.20. The summed E-state index contributed by atoms with van der Waals surface area (Å²) in [6.07, 6.45) is 0. The van der Waals surface area contributed by atoms with Gasteiger partial charge in [0.15, 0.2) is 0 Å². The van der Waals surface area contributed by atoms with Crippen LogP contribution in [-0.2, 0) is 5.41 Å². The maximum atomic E-state index is 6.62. The van der Waals surface area contributed by atoms with E-state index in [1.165, 1.54) is 55.3 Å². The summed E-state index contributed by atoms with van der Waals surface area (Å²) in [5.41, 5.74) is 14.9. The highest BCUT2D eigenvalue weighted by molar-refractivity contribution is 6.00. The summed E-state index contributed by atoms with van der Waals surface area (Å²) in [5, 5.41) is 2.50. The minimum absolute atomic E-state index is 0.547. The molecule has 0 saturated heterocycles. The highest BCUT2D eigenvalue weighted by atomic mass is 16.5. The molecule has 9 aromatic rings. The van der Waals surface area contributed by atoms with Crippen LogP contribution >= 0.6 is 0 Å². The van der Waals surface area contributed by atoms with Gasteiger partial charge in [0, 0.05) is 28.1 Å². The Hall–Kier alpha value is -7.16. The molecule has 0 bridgehead atoms. The van der Waals surface area contributed by atoms with Crippen molar-refractivity contribution in [1.82, 2.24) is 0 Å². The maximum absolute atomic E-state index is 6.62. The van der Waals surface area contributed by atoms with Gasteiger partial charge in [-0.1, -0.05) is 184 Å². The van der Waals surface area contributed by atoms with Crippen LogP contribution < -0.4 is 9.64 Å². The number of para-hydroxylation sites is 2. The van der Waals surface area contributed by atoms with Gasteiger partial charge in [-0.25, -0.2) is 0 Å². The molecular weight excluding hydrogens is 691 g/mol. The van der Waals surface area contributed by atoms with Gasteiger partial charge < -0.3 is 9.64 Å². The molecule has 11 rings (SSSR count). The van der Waals surface area contributed by atoms with Crippen molar-refractivity contribution in [1.29, 1.82) is 0 Å². The molecule has 0 radical (unpaired) electrons. The Labute approximate surface area is 334 Å². The number of nitrogens with zero attached hydrogens (tertiary/aromatic N) is 1. The van der Waals surface area contributed by atoms with Crippen molar-refractivity contribution in [2.24, 2.45) is 0 Å². The van der Waals surface area contributed by atoms with Crippen LogP contribution in [0.5, 0.6) is 11.5 Å². The number of benzene rings is 9. The molecule has 1 heterocycles. The average molecular weight is 732 g/mol. The summed E-state index contributed by atoms with van der Waals surface area (Å²) in [6, 6.07) is 76.8.